The van der Waals surface area contributed by atoms with E-state index in [-0.39, 0.29) is 5.91 Å². The van der Waals surface area contributed by atoms with E-state index in [2.05, 4.69) is 9.97 Å². The van der Waals surface area contributed by atoms with Crippen LogP contribution in [0, 0.1) is 0 Å². The van der Waals surface area contributed by atoms with Crippen molar-refractivity contribution in [3.05, 3.63) is 23.1 Å². The van der Waals surface area contributed by atoms with Crippen LogP contribution in [0.25, 0.3) is 11.2 Å². The zero-order chi connectivity index (χ0) is 13.8. The minimum atomic E-state index is -0.280. The Balaban J connectivity index is 2.18. The Labute approximate surface area is 120 Å². The predicted molar refractivity (Wildman–Crippen MR) is 75.1 cm³/mol. The molecule has 0 unspecified atom stereocenters. The van der Waals surface area contributed by atoms with E-state index in [1.54, 1.807) is 12.3 Å². The molecule has 0 aliphatic carbocycles. The molecule has 0 aliphatic rings. The first-order chi connectivity index (χ1) is 9.11. The first-order valence-electron chi connectivity index (χ1n) is 5.96. The molecular formula is C12H14Cl2N4O. The topological polar surface area (TPSA) is 73.8 Å². The third-order valence-electron chi connectivity index (χ3n) is 2.81. The highest BCUT2D eigenvalue weighted by molar-refractivity contribution is 6.31. The number of carbonyl (C=O) groups is 1. The molecule has 0 bridgehead atoms. The lowest BCUT2D eigenvalue weighted by Gasteiger charge is -2.06. The Morgan fingerprint density at radius 2 is 2.21 bits per heavy atom. The van der Waals surface area contributed by atoms with E-state index < -0.39 is 0 Å². The summed E-state index contributed by atoms with van der Waals surface area (Å²) in [6.07, 6.45) is 3.54. The molecule has 2 N–H and O–H groups in total. The zero-order valence-electron chi connectivity index (χ0n) is 10.3. The fourth-order valence-corrected chi connectivity index (χ4v) is 2.30. The van der Waals surface area contributed by atoms with E-state index in [1.165, 1.54) is 0 Å². The fourth-order valence-electron chi connectivity index (χ4n) is 1.94. The summed E-state index contributed by atoms with van der Waals surface area (Å²) in [5.41, 5.74) is 6.61. The van der Waals surface area contributed by atoms with Crippen LogP contribution in [-0.2, 0) is 17.2 Å². The summed E-state index contributed by atoms with van der Waals surface area (Å²) in [6.45, 7) is 0.709. The Hall–Kier alpha value is -1.33. The van der Waals surface area contributed by atoms with Crippen molar-refractivity contribution in [1.29, 1.82) is 0 Å². The summed E-state index contributed by atoms with van der Waals surface area (Å²) in [7, 11) is 0. The molecule has 2 heterocycles. The molecule has 19 heavy (non-hydrogen) atoms. The Morgan fingerprint density at radius 1 is 1.42 bits per heavy atom. The molecule has 2 aromatic heterocycles. The van der Waals surface area contributed by atoms with Crippen LogP contribution < -0.4 is 5.73 Å². The minimum absolute atomic E-state index is 0.280. The lowest BCUT2D eigenvalue weighted by molar-refractivity contribution is -0.118. The normalized spacial score (nSPS) is 11.1. The van der Waals surface area contributed by atoms with E-state index in [0.717, 1.165) is 29.8 Å². The molecule has 7 heteroatoms. The average molecular weight is 301 g/mol. The number of unbranched alkanes of at least 4 members (excludes halogenated alkanes) is 1. The number of fused-ring (bicyclic) bond motifs is 1. The molecular weight excluding hydrogens is 287 g/mol. The van der Waals surface area contributed by atoms with Crippen LogP contribution in [0.5, 0.6) is 0 Å². The van der Waals surface area contributed by atoms with Crippen molar-refractivity contribution in [2.75, 3.05) is 0 Å². The van der Waals surface area contributed by atoms with Gasteiger partial charge < -0.3 is 10.3 Å². The van der Waals surface area contributed by atoms with Crippen LogP contribution in [0.3, 0.4) is 0 Å². The third kappa shape index (κ3) is 3.36. The summed E-state index contributed by atoms with van der Waals surface area (Å²) >= 11 is 11.8. The number of alkyl halides is 1. The van der Waals surface area contributed by atoms with Crippen LogP contribution in [0.1, 0.15) is 25.1 Å². The molecule has 0 atom stereocenters. The number of aryl methyl sites for hydroxylation is 1. The van der Waals surface area contributed by atoms with Gasteiger partial charge in [0.15, 0.2) is 5.65 Å². The van der Waals surface area contributed by atoms with Gasteiger partial charge in [0.2, 0.25) is 5.91 Å². The summed E-state index contributed by atoms with van der Waals surface area (Å²) in [4.78, 5) is 19.4. The maximum Gasteiger partial charge on any atom is 0.217 e. The van der Waals surface area contributed by atoms with Gasteiger partial charge in [0.25, 0.3) is 0 Å². The Bertz CT molecular complexity index is 597. The Morgan fingerprint density at radius 3 is 2.89 bits per heavy atom. The van der Waals surface area contributed by atoms with Gasteiger partial charge in [0.05, 0.1) is 10.9 Å². The fraction of sp³-hybridized carbons (Fsp3) is 0.417. The predicted octanol–water partition coefficient (Wildman–Crippen LogP) is 2.48. The number of imidazole rings is 1. The highest BCUT2D eigenvalue weighted by Crippen LogP contribution is 2.19. The van der Waals surface area contributed by atoms with Gasteiger partial charge in [-0.3, -0.25) is 4.79 Å². The first kappa shape index (κ1) is 14.1. The number of amides is 1. The molecule has 0 aromatic carbocycles. The zero-order valence-corrected chi connectivity index (χ0v) is 11.8. The van der Waals surface area contributed by atoms with Crippen molar-refractivity contribution in [1.82, 2.24) is 14.5 Å². The molecule has 5 nitrogen and oxygen atoms in total. The number of nitrogens with two attached hydrogens (primary N) is 1. The van der Waals surface area contributed by atoms with Crippen LogP contribution in [0.2, 0.25) is 5.02 Å². The van der Waals surface area contributed by atoms with Crippen LogP contribution in [0.4, 0.5) is 0 Å². The van der Waals surface area contributed by atoms with E-state index in [9.17, 15) is 4.79 Å². The second kappa shape index (κ2) is 6.21. The summed E-state index contributed by atoms with van der Waals surface area (Å²) in [5.74, 6) is 0.785. The van der Waals surface area contributed by atoms with Gasteiger partial charge in [-0.05, 0) is 18.9 Å². The van der Waals surface area contributed by atoms with Crippen LogP contribution >= 0.6 is 23.2 Å². The van der Waals surface area contributed by atoms with Gasteiger partial charge in [-0.15, -0.1) is 11.6 Å². The number of carbonyl (C=O) groups excluding carboxylic acids is 1. The number of rotatable bonds is 6. The van der Waals surface area contributed by atoms with Crippen molar-refractivity contribution in [3.8, 4) is 0 Å². The van der Waals surface area contributed by atoms with Gasteiger partial charge in [-0.2, -0.15) is 0 Å². The first-order valence-corrected chi connectivity index (χ1v) is 6.88. The number of hydrogen-bond donors (Lipinski definition) is 1. The maximum absolute atomic E-state index is 10.7. The third-order valence-corrected chi connectivity index (χ3v) is 3.25. The number of primary amides is 1. The largest absolute Gasteiger partial charge is 0.370 e. The summed E-state index contributed by atoms with van der Waals surface area (Å²) < 4.78 is 1.96. The lowest BCUT2D eigenvalue weighted by Crippen LogP contribution is -2.10. The van der Waals surface area contributed by atoms with E-state index >= 15 is 0 Å². The lowest BCUT2D eigenvalue weighted by atomic mass is 10.2. The average Bonchev–Trinajstić information content (AvgIpc) is 2.71. The van der Waals surface area contributed by atoms with Gasteiger partial charge in [-0.1, -0.05) is 11.6 Å². The summed E-state index contributed by atoms with van der Waals surface area (Å²) in [5, 5.41) is 0.548. The molecule has 0 saturated carbocycles. The van der Waals surface area contributed by atoms with Gasteiger partial charge >= 0.3 is 0 Å². The standard InChI is InChI=1S/C12H14Cl2N4O/c13-6-11-17-9-5-8(14)7-16-12(9)18(11)4-2-1-3-10(15)19/h5,7H,1-4,6H2,(H2,15,19). The minimum Gasteiger partial charge on any atom is -0.370 e. The molecule has 1 amide bonds. The van der Waals surface area contributed by atoms with Crippen molar-refractivity contribution >= 4 is 40.3 Å². The van der Waals surface area contributed by atoms with E-state index in [1.807, 2.05) is 4.57 Å². The summed E-state index contributed by atoms with van der Waals surface area (Å²) in [6, 6.07) is 1.76. The van der Waals surface area contributed by atoms with Crippen molar-refractivity contribution in [3.63, 3.8) is 0 Å². The number of nitrogens with zero attached hydrogens (tertiary/aromatic N) is 3. The molecule has 2 aromatic rings. The smallest absolute Gasteiger partial charge is 0.217 e. The van der Waals surface area contributed by atoms with Gasteiger partial charge in [-0.25, -0.2) is 9.97 Å². The monoisotopic (exact) mass is 300 g/mol. The number of halogens is 2. The molecule has 0 fully saturated rings. The molecule has 0 radical (unpaired) electrons. The highest BCUT2D eigenvalue weighted by Gasteiger charge is 2.11. The van der Waals surface area contributed by atoms with Crippen molar-refractivity contribution < 1.29 is 4.79 Å². The van der Waals surface area contributed by atoms with E-state index in [0.29, 0.717) is 23.9 Å². The van der Waals surface area contributed by atoms with E-state index in [4.69, 9.17) is 28.9 Å². The molecule has 0 saturated heterocycles. The maximum atomic E-state index is 10.7. The second-order valence-corrected chi connectivity index (χ2v) is 4.94. The molecule has 0 spiro atoms. The van der Waals surface area contributed by atoms with Gasteiger partial charge in [0.1, 0.15) is 11.3 Å². The Kier molecular flexibility index (Phi) is 4.61. The van der Waals surface area contributed by atoms with Crippen molar-refractivity contribution in [2.45, 2.75) is 31.7 Å². The number of hydrogen-bond acceptors (Lipinski definition) is 3. The molecule has 2 rings (SSSR count). The molecule has 0 aliphatic heterocycles. The van der Waals surface area contributed by atoms with Crippen molar-refractivity contribution in [2.24, 2.45) is 5.73 Å². The number of aromatic nitrogens is 3. The number of pyridine rings is 1. The SMILES string of the molecule is NC(=O)CCCCn1c(CCl)nc2cc(Cl)cnc21. The molecule has 102 valence electrons. The van der Waals surface area contributed by atoms with Crippen LogP contribution in [-0.4, -0.2) is 20.4 Å². The highest BCUT2D eigenvalue weighted by atomic mass is 35.5. The van der Waals surface area contributed by atoms with Crippen LogP contribution in [0.15, 0.2) is 12.3 Å². The second-order valence-electron chi connectivity index (χ2n) is 4.23. The quantitative estimate of drug-likeness (QED) is 0.658. The van der Waals surface area contributed by atoms with Gasteiger partial charge in [0, 0.05) is 19.2 Å².